The van der Waals surface area contributed by atoms with E-state index in [0.717, 1.165) is 38.8 Å². The highest BCUT2D eigenvalue weighted by molar-refractivity contribution is 5.76. The second kappa shape index (κ2) is 5.22. The molecule has 3 N–H and O–H groups in total. The fourth-order valence-corrected chi connectivity index (χ4v) is 2.17. The quantitative estimate of drug-likeness (QED) is 0.681. The third-order valence-electron chi connectivity index (χ3n) is 2.92. The second-order valence-electron chi connectivity index (χ2n) is 3.88. The van der Waals surface area contributed by atoms with Crippen LogP contribution in [0.4, 0.5) is 0 Å². The van der Waals surface area contributed by atoms with Gasteiger partial charge in [0.1, 0.15) is 0 Å². The number of carbonyl (C=O) groups excluding carboxylic acids is 1. The van der Waals surface area contributed by atoms with Gasteiger partial charge in [0.05, 0.1) is 0 Å². The van der Waals surface area contributed by atoms with Crippen molar-refractivity contribution in [1.29, 1.82) is 0 Å². The van der Waals surface area contributed by atoms with Crippen molar-refractivity contribution in [3.8, 4) is 0 Å². The predicted molar refractivity (Wildman–Crippen MR) is 53.2 cm³/mol. The average Bonchev–Trinajstić information content (AvgIpc) is 2.15. The predicted octanol–water partition coefficient (Wildman–Crippen LogP) is 0.888. The Kier molecular flexibility index (Phi) is 4.22. The standard InChI is InChI=1S/C10H20N2O/c1-2-3-9(10(11)13)8-4-6-12-7-5-8/h8-9,12H,2-7H2,1H3,(H2,11,13). The van der Waals surface area contributed by atoms with Gasteiger partial charge in [-0.05, 0) is 38.3 Å². The molecule has 1 heterocycles. The SMILES string of the molecule is CCCC(C(N)=O)C1CCNCC1. The van der Waals surface area contributed by atoms with E-state index in [-0.39, 0.29) is 11.8 Å². The molecule has 1 fully saturated rings. The number of carbonyl (C=O) groups is 1. The van der Waals surface area contributed by atoms with Crippen LogP contribution < -0.4 is 11.1 Å². The lowest BCUT2D eigenvalue weighted by Gasteiger charge is -2.28. The zero-order chi connectivity index (χ0) is 9.68. The van der Waals surface area contributed by atoms with Crippen molar-refractivity contribution in [2.75, 3.05) is 13.1 Å². The molecule has 1 saturated heterocycles. The zero-order valence-corrected chi connectivity index (χ0v) is 8.38. The molecule has 1 unspecified atom stereocenters. The topological polar surface area (TPSA) is 55.1 Å². The molecular formula is C10H20N2O. The monoisotopic (exact) mass is 184 g/mol. The summed E-state index contributed by atoms with van der Waals surface area (Å²) in [4.78, 5) is 11.2. The fraction of sp³-hybridized carbons (Fsp3) is 0.900. The lowest BCUT2D eigenvalue weighted by molar-refractivity contribution is -0.124. The maximum atomic E-state index is 11.2. The van der Waals surface area contributed by atoms with Crippen molar-refractivity contribution in [1.82, 2.24) is 5.32 Å². The first-order valence-corrected chi connectivity index (χ1v) is 5.25. The van der Waals surface area contributed by atoms with E-state index in [1.54, 1.807) is 0 Å². The van der Waals surface area contributed by atoms with Gasteiger partial charge in [0.15, 0.2) is 0 Å². The average molecular weight is 184 g/mol. The van der Waals surface area contributed by atoms with Crippen LogP contribution in [0.15, 0.2) is 0 Å². The molecule has 3 heteroatoms. The van der Waals surface area contributed by atoms with Crippen molar-refractivity contribution in [3.05, 3.63) is 0 Å². The summed E-state index contributed by atoms with van der Waals surface area (Å²) in [5, 5.41) is 3.30. The van der Waals surface area contributed by atoms with Gasteiger partial charge in [-0.15, -0.1) is 0 Å². The third kappa shape index (κ3) is 2.99. The van der Waals surface area contributed by atoms with Crippen LogP contribution in [0.25, 0.3) is 0 Å². The Bertz CT molecular complexity index is 164. The lowest BCUT2D eigenvalue weighted by atomic mass is 9.82. The molecule has 3 nitrogen and oxygen atoms in total. The molecule has 13 heavy (non-hydrogen) atoms. The van der Waals surface area contributed by atoms with E-state index in [2.05, 4.69) is 12.2 Å². The van der Waals surface area contributed by atoms with Crippen LogP contribution in [0.5, 0.6) is 0 Å². The molecule has 0 bridgehead atoms. The van der Waals surface area contributed by atoms with Gasteiger partial charge in [0.25, 0.3) is 0 Å². The zero-order valence-electron chi connectivity index (χ0n) is 8.38. The van der Waals surface area contributed by atoms with Crippen molar-refractivity contribution < 1.29 is 4.79 Å². The molecule has 0 radical (unpaired) electrons. The Hall–Kier alpha value is -0.570. The summed E-state index contributed by atoms with van der Waals surface area (Å²) in [6.45, 7) is 4.19. The molecule has 0 aliphatic carbocycles. The normalized spacial score (nSPS) is 21.3. The van der Waals surface area contributed by atoms with Crippen LogP contribution in [0, 0.1) is 11.8 Å². The van der Waals surface area contributed by atoms with Gasteiger partial charge in [0.2, 0.25) is 5.91 Å². The van der Waals surface area contributed by atoms with Gasteiger partial charge in [0, 0.05) is 5.92 Å². The molecule has 0 saturated carbocycles. The van der Waals surface area contributed by atoms with Crippen LogP contribution >= 0.6 is 0 Å². The molecule has 1 amide bonds. The Labute approximate surface area is 80.1 Å². The van der Waals surface area contributed by atoms with Crippen LogP contribution in [0.3, 0.4) is 0 Å². The molecule has 76 valence electrons. The largest absolute Gasteiger partial charge is 0.369 e. The number of amides is 1. The Morgan fingerprint density at radius 1 is 1.54 bits per heavy atom. The molecule has 0 aromatic carbocycles. The summed E-state index contributed by atoms with van der Waals surface area (Å²) in [5.74, 6) is 0.541. The first kappa shape index (κ1) is 10.5. The number of primary amides is 1. The molecule has 1 atom stereocenters. The summed E-state index contributed by atoms with van der Waals surface area (Å²) in [6, 6.07) is 0. The van der Waals surface area contributed by atoms with Gasteiger partial charge >= 0.3 is 0 Å². The van der Waals surface area contributed by atoms with Crippen molar-refractivity contribution >= 4 is 5.91 Å². The highest BCUT2D eigenvalue weighted by Gasteiger charge is 2.26. The minimum atomic E-state index is -0.103. The Balaban J connectivity index is 2.46. The molecule has 0 spiro atoms. The van der Waals surface area contributed by atoms with E-state index in [1.165, 1.54) is 0 Å². The van der Waals surface area contributed by atoms with E-state index in [0.29, 0.717) is 5.92 Å². The van der Waals surface area contributed by atoms with Gasteiger partial charge in [-0.2, -0.15) is 0 Å². The van der Waals surface area contributed by atoms with E-state index in [9.17, 15) is 4.79 Å². The summed E-state index contributed by atoms with van der Waals surface area (Å²) < 4.78 is 0. The molecule has 1 aliphatic heterocycles. The molecular weight excluding hydrogens is 164 g/mol. The van der Waals surface area contributed by atoms with Gasteiger partial charge in [-0.25, -0.2) is 0 Å². The van der Waals surface area contributed by atoms with Crippen molar-refractivity contribution in [2.45, 2.75) is 32.6 Å². The molecule has 0 aromatic rings. The van der Waals surface area contributed by atoms with Crippen molar-refractivity contribution in [2.24, 2.45) is 17.6 Å². The van der Waals surface area contributed by atoms with Gasteiger partial charge < -0.3 is 11.1 Å². The van der Waals surface area contributed by atoms with Crippen LogP contribution in [0.1, 0.15) is 32.6 Å². The Morgan fingerprint density at radius 3 is 2.62 bits per heavy atom. The maximum Gasteiger partial charge on any atom is 0.220 e. The van der Waals surface area contributed by atoms with Gasteiger partial charge in [-0.1, -0.05) is 13.3 Å². The number of hydrogen-bond donors (Lipinski definition) is 2. The number of piperidine rings is 1. The van der Waals surface area contributed by atoms with E-state index in [1.807, 2.05) is 0 Å². The smallest absolute Gasteiger partial charge is 0.220 e. The van der Waals surface area contributed by atoms with Crippen LogP contribution in [0.2, 0.25) is 0 Å². The fourth-order valence-electron chi connectivity index (χ4n) is 2.17. The second-order valence-corrected chi connectivity index (χ2v) is 3.88. The third-order valence-corrected chi connectivity index (χ3v) is 2.92. The summed E-state index contributed by atoms with van der Waals surface area (Å²) in [6.07, 6.45) is 4.22. The molecule has 1 aliphatic rings. The number of rotatable bonds is 4. The van der Waals surface area contributed by atoms with Crippen molar-refractivity contribution in [3.63, 3.8) is 0 Å². The summed E-state index contributed by atoms with van der Waals surface area (Å²) in [7, 11) is 0. The van der Waals surface area contributed by atoms with Crippen LogP contribution in [-0.2, 0) is 4.79 Å². The summed E-state index contributed by atoms with van der Waals surface area (Å²) in [5.41, 5.74) is 5.39. The van der Waals surface area contributed by atoms with Gasteiger partial charge in [-0.3, -0.25) is 4.79 Å². The number of nitrogens with one attached hydrogen (secondary N) is 1. The minimum absolute atomic E-state index is 0.103. The number of nitrogens with two attached hydrogens (primary N) is 1. The number of hydrogen-bond acceptors (Lipinski definition) is 2. The highest BCUT2D eigenvalue weighted by Crippen LogP contribution is 2.25. The van der Waals surface area contributed by atoms with E-state index < -0.39 is 0 Å². The van der Waals surface area contributed by atoms with Crippen LogP contribution in [-0.4, -0.2) is 19.0 Å². The molecule has 0 aromatic heterocycles. The lowest BCUT2D eigenvalue weighted by Crippen LogP contribution is -2.37. The molecule has 1 rings (SSSR count). The minimum Gasteiger partial charge on any atom is -0.369 e. The highest BCUT2D eigenvalue weighted by atomic mass is 16.1. The first-order chi connectivity index (χ1) is 6.25. The van der Waals surface area contributed by atoms with E-state index in [4.69, 9.17) is 5.73 Å². The first-order valence-electron chi connectivity index (χ1n) is 5.25. The maximum absolute atomic E-state index is 11.2. The van der Waals surface area contributed by atoms with E-state index >= 15 is 0 Å². The Morgan fingerprint density at radius 2 is 2.15 bits per heavy atom. The summed E-state index contributed by atoms with van der Waals surface area (Å²) >= 11 is 0.